The van der Waals surface area contributed by atoms with Crippen molar-refractivity contribution in [3.05, 3.63) is 53.6 Å². The monoisotopic (exact) mass is 340 g/mol. The van der Waals surface area contributed by atoms with Crippen molar-refractivity contribution < 1.29 is 26.1 Å². The van der Waals surface area contributed by atoms with E-state index in [0.717, 1.165) is 17.7 Å². The van der Waals surface area contributed by atoms with Crippen molar-refractivity contribution in [2.24, 2.45) is 0 Å². The van der Waals surface area contributed by atoms with E-state index in [1.165, 1.54) is 6.07 Å². The third-order valence-electron chi connectivity index (χ3n) is 3.42. The van der Waals surface area contributed by atoms with Gasteiger partial charge in [-0.25, -0.2) is 8.78 Å². The lowest BCUT2D eigenvalue weighted by Gasteiger charge is -2.18. The van der Waals surface area contributed by atoms with Crippen LogP contribution in [0.2, 0.25) is 0 Å². The van der Waals surface area contributed by atoms with Crippen LogP contribution in [-0.2, 0) is 16.5 Å². The quantitative estimate of drug-likeness (QED) is 0.803. The summed E-state index contributed by atoms with van der Waals surface area (Å²) in [6.45, 7) is 3.73. The van der Waals surface area contributed by atoms with Gasteiger partial charge in [-0.15, -0.1) is 0 Å². The molecule has 0 saturated heterocycles. The van der Waals surface area contributed by atoms with E-state index in [1.54, 1.807) is 6.07 Å². The van der Waals surface area contributed by atoms with E-state index in [9.17, 15) is 17.2 Å². The van der Waals surface area contributed by atoms with Gasteiger partial charge in [-0.3, -0.25) is 0 Å². The molecule has 1 heterocycles. The molecular formula is C16H14F2O4S. The lowest BCUT2D eigenvalue weighted by Crippen LogP contribution is -2.24. The Morgan fingerprint density at radius 2 is 1.91 bits per heavy atom. The van der Waals surface area contributed by atoms with Crippen LogP contribution < -0.4 is 8.92 Å². The van der Waals surface area contributed by atoms with Gasteiger partial charge in [0.15, 0.2) is 11.5 Å². The SMILES string of the molecule is CC1(C)Cc2cccc(OS(=O)(=O)c3ccc(F)cc3F)c2O1. The van der Waals surface area contributed by atoms with Crippen molar-refractivity contribution in [3.8, 4) is 11.5 Å². The average Bonchev–Trinajstić information content (AvgIpc) is 2.73. The molecule has 0 amide bonds. The van der Waals surface area contributed by atoms with Gasteiger partial charge in [-0.2, -0.15) is 8.42 Å². The lowest BCUT2D eigenvalue weighted by atomic mass is 10.0. The summed E-state index contributed by atoms with van der Waals surface area (Å²) in [7, 11) is -4.44. The second-order valence-electron chi connectivity index (χ2n) is 5.90. The first-order valence-corrected chi connectivity index (χ1v) is 8.29. The number of hydrogen-bond acceptors (Lipinski definition) is 4. The largest absolute Gasteiger partial charge is 0.483 e. The summed E-state index contributed by atoms with van der Waals surface area (Å²) >= 11 is 0. The van der Waals surface area contributed by atoms with Crippen molar-refractivity contribution in [3.63, 3.8) is 0 Å². The molecule has 0 unspecified atom stereocenters. The van der Waals surface area contributed by atoms with Gasteiger partial charge in [0.05, 0.1) is 0 Å². The highest BCUT2D eigenvalue weighted by atomic mass is 32.2. The fraction of sp³-hybridized carbons (Fsp3) is 0.250. The van der Waals surface area contributed by atoms with Gasteiger partial charge in [0.1, 0.15) is 22.1 Å². The van der Waals surface area contributed by atoms with E-state index in [2.05, 4.69) is 0 Å². The molecule has 3 rings (SSSR count). The van der Waals surface area contributed by atoms with Crippen LogP contribution in [0.4, 0.5) is 8.78 Å². The fourth-order valence-corrected chi connectivity index (χ4v) is 3.48. The zero-order chi connectivity index (χ0) is 16.8. The molecule has 1 aliphatic rings. The van der Waals surface area contributed by atoms with Crippen molar-refractivity contribution in [2.75, 3.05) is 0 Å². The summed E-state index contributed by atoms with van der Waals surface area (Å²) in [5.41, 5.74) is 0.328. The van der Waals surface area contributed by atoms with Gasteiger partial charge in [0, 0.05) is 18.1 Å². The second-order valence-corrected chi connectivity index (χ2v) is 7.41. The summed E-state index contributed by atoms with van der Waals surface area (Å²) in [5, 5.41) is 0. The Hall–Kier alpha value is -2.15. The summed E-state index contributed by atoms with van der Waals surface area (Å²) in [6.07, 6.45) is 0.602. The van der Waals surface area contributed by atoms with Crippen LogP contribution in [0.3, 0.4) is 0 Å². The molecule has 122 valence electrons. The molecule has 2 aromatic carbocycles. The van der Waals surface area contributed by atoms with Crippen molar-refractivity contribution in [1.29, 1.82) is 0 Å². The molecule has 2 aromatic rings. The predicted molar refractivity (Wildman–Crippen MR) is 79.0 cm³/mol. The summed E-state index contributed by atoms with van der Waals surface area (Å²) < 4.78 is 61.9. The zero-order valence-electron chi connectivity index (χ0n) is 12.5. The number of para-hydroxylation sites is 1. The van der Waals surface area contributed by atoms with Crippen LogP contribution in [-0.4, -0.2) is 14.0 Å². The number of halogens is 2. The molecule has 0 aromatic heterocycles. The van der Waals surface area contributed by atoms with Crippen molar-refractivity contribution in [2.45, 2.75) is 30.8 Å². The minimum Gasteiger partial charge on any atom is -0.483 e. The molecule has 0 N–H and O–H groups in total. The van der Waals surface area contributed by atoms with Crippen molar-refractivity contribution >= 4 is 10.1 Å². The molecule has 0 saturated carbocycles. The Kier molecular flexibility index (Phi) is 3.55. The Morgan fingerprint density at radius 3 is 2.61 bits per heavy atom. The predicted octanol–water partition coefficient (Wildman–Crippen LogP) is 3.45. The van der Waals surface area contributed by atoms with Gasteiger partial charge in [-0.05, 0) is 32.0 Å². The molecule has 0 fully saturated rings. The highest BCUT2D eigenvalue weighted by molar-refractivity contribution is 7.87. The van der Waals surface area contributed by atoms with Crippen LogP contribution in [0.5, 0.6) is 11.5 Å². The Morgan fingerprint density at radius 1 is 1.17 bits per heavy atom. The first kappa shape index (κ1) is 15.7. The molecule has 1 aliphatic heterocycles. The van der Waals surface area contributed by atoms with E-state index in [4.69, 9.17) is 8.92 Å². The van der Waals surface area contributed by atoms with Crippen LogP contribution in [0.25, 0.3) is 0 Å². The van der Waals surface area contributed by atoms with E-state index in [-0.39, 0.29) is 5.75 Å². The molecule has 0 spiro atoms. The molecule has 0 aliphatic carbocycles. The number of hydrogen-bond donors (Lipinski definition) is 0. The van der Waals surface area contributed by atoms with Crippen LogP contribution in [0, 0.1) is 11.6 Å². The molecule has 0 atom stereocenters. The number of fused-ring (bicyclic) bond motifs is 1. The third-order valence-corrected chi connectivity index (χ3v) is 4.69. The van der Waals surface area contributed by atoms with Gasteiger partial charge >= 0.3 is 10.1 Å². The van der Waals surface area contributed by atoms with Crippen molar-refractivity contribution in [1.82, 2.24) is 0 Å². The molecule has 4 nitrogen and oxygen atoms in total. The summed E-state index contributed by atoms with van der Waals surface area (Å²) in [4.78, 5) is -0.728. The molecular weight excluding hydrogens is 326 g/mol. The summed E-state index contributed by atoms with van der Waals surface area (Å²) in [5.74, 6) is -1.77. The molecule has 7 heteroatoms. The van der Waals surface area contributed by atoms with Crippen LogP contribution >= 0.6 is 0 Å². The van der Waals surface area contributed by atoms with E-state index < -0.39 is 32.2 Å². The van der Waals surface area contributed by atoms with Gasteiger partial charge in [0.2, 0.25) is 0 Å². The molecule has 23 heavy (non-hydrogen) atoms. The van der Waals surface area contributed by atoms with Gasteiger partial charge in [-0.1, -0.05) is 12.1 Å². The fourth-order valence-electron chi connectivity index (χ4n) is 2.49. The maximum absolute atomic E-state index is 13.7. The summed E-state index contributed by atoms with van der Waals surface area (Å²) in [6, 6.07) is 7.05. The van der Waals surface area contributed by atoms with Gasteiger partial charge < -0.3 is 8.92 Å². The number of ether oxygens (including phenoxy) is 1. The zero-order valence-corrected chi connectivity index (χ0v) is 13.3. The Bertz CT molecular complexity index is 876. The first-order chi connectivity index (χ1) is 10.7. The highest BCUT2D eigenvalue weighted by Gasteiger charge is 2.34. The Labute approximate surface area is 132 Å². The van der Waals surface area contributed by atoms with Crippen LogP contribution in [0.1, 0.15) is 19.4 Å². The second kappa shape index (κ2) is 5.19. The number of rotatable bonds is 3. The maximum Gasteiger partial charge on any atom is 0.342 e. The highest BCUT2D eigenvalue weighted by Crippen LogP contribution is 2.42. The average molecular weight is 340 g/mol. The normalized spacial score (nSPS) is 15.8. The topological polar surface area (TPSA) is 52.6 Å². The minimum atomic E-state index is -4.44. The minimum absolute atomic E-state index is 0.0169. The smallest absolute Gasteiger partial charge is 0.342 e. The van der Waals surface area contributed by atoms with E-state index in [1.807, 2.05) is 19.9 Å². The maximum atomic E-state index is 13.7. The number of benzene rings is 2. The van der Waals surface area contributed by atoms with E-state index >= 15 is 0 Å². The Balaban J connectivity index is 1.99. The van der Waals surface area contributed by atoms with E-state index in [0.29, 0.717) is 18.2 Å². The van der Waals surface area contributed by atoms with Gasteiger partial charge in [0.25, 0.3) is 0 Å². The molecule has 0 bridgehead atoms. The standard InChI is InChI=1S/C16H14F2O4S/c1-16(2)9-10-4-3-5-13(15(10)21-16)22-23(19,20)14-7-6-11(17)8-12(14)18/h3-8H,9H2,1-2H3. The third kappa shape index (κ3) is 3.01. The lowest BCUT2D eigenvalue weighted by molar-refractivity contribution is 0.136. The van der Waals surface area contributed by atoms with Crippen LogP contribution in [0.15, 0.2) is 41.3 Å². The molecule has 0 radical (unpaired) electrons. The first-order valence-electron chi connectivity index (χ1n) is 6.88.